The molecule has 0 saturated heterocycles. The third kappa shape index (κ3) is 4.08. The van der Waals surface area contributed by atoms with Crippen molar-refractivity contribution in [3.05, 3.63) is 28.8 Å². The first-order valence-corrected chi connectivity index (χ1v) is 5.37. The van der Waals surface area contributed by atoms with Crippen molar-refractivity contribution in [3.8, 4) is 5.75 Å². The van der Waals surface area contributed by atoms with Gasteiger partial charge in [-0.3, -0.25) is 0 Å². The molecule has 2 N–H and O–H groups in total. The number of hydrogen-bond donors (Lipinski definition) is 2. The lowest BCUT2D eigenvalue weighted by atomic mass is 10.2. The van der Waals surface area contributed by atoms with E-state index in [1.54, 1.807) is 18.2 Å². The molecule has 1 amide bonds. The van der Waals surface area contributed by atoms with Gasteiger partial charge in [0.2, 0.25) is 0 Å². The fourth-order valence-corrected chi connectivity index (χ4v) is 1.38. The maximum Gasteiger partial charge on any atom is 0.412 e. The molecular weight excluding hydrogens is 228 g/mol. The Hall–Kier alpha value is -1.26. The Labute approximate surface area is 99.9 Å². The van der Waals surface area contributed by atoms with Gasteiger partial charge in [0, 0.05) is 18.1 Å². The van der Waals surface area contributed by atoms with E-state index >= 15 is 0 Å². The summed E-state index contributed by atoms with van der Waals surface area (Å²) < 4.78 is 5.11. The minimum atomic E-state index is -0.458. The Morgan fingerprint density at radius 3 is 2.81 bits per heavy atom. The average Bonchev–Trinajstić information content (AvgIpc) is 2.23. The predicted molar refractivity (Wildman–Crippen MR) is 64.1 cm³/mol. The first-order valence-electron chi connectivity index (χ1n) is 5.00. The number of amides is 1. The Balaban J connectivity index is 2.49. The third-order valence-electron chi connectivity index (χ3n) is 1.98. The molecule has 0 bridgehead atoms. The van der Waals surface area contributed by atoms with Crippen molar-refractivity contribution in [1.82, 2.24) is 10.6 Å². The van der Waals surface area contributed by atoms with Crippen LogP contribution in [0.3, 0.4) is 0 Å². The first kappa shape index (κ1) is 12.8. The fourth-order valence-electron chi connectivity index (χ4n) is 1.15. The second-order valence-corrected chi connectivity index (χ2v) is 3.77. The molecule has 0 fully saturated rings. The molecule has 0 aliphatic carbocycles. The largest absolute Gasteiger partial charge is 0.412 e. The minimum Gasteiger partial charge on any atom is -0.410 e. The summed E-state index contributed by atoms with van der Waals surface area (Å²) in [6, 6.07) is 5.11. The van der Waals surface area contributed by atoms with Crippen molar-refractivity contribution in [1.29, 1.82) is 0 Å². The summed E-state index contributed by atoms with van der Waals surface area (Å²) in [7, 11) is 1.82. The topological polar surface area (TPSA) is 50.4 Å². The highest BCUT2D eigenvalue weighted by Crippen LogP contribution is 2.21. The van der Waals surface area contributed by atoms with Crippen LogP contribution < -0.4 is 15.4 Å². The van der Waals surface area contributed by atoms with Crippen molar-refractivity contribution in [2.75, 3.05) is 20.1 Å². The average molecular weight is 243 g/mol. The lowest BCUT2D eigenvalue weighted by Gasteiger charge is -2.08. The molecule has 0 unspecified atom stereocenters. The first-order chi connectivity index (χ1) is 7.63. The van der Waals surface area contributed by atoms with Gasteiger partial charge in [-0.25, -0.2) is 4.79 Å². The molecule has 0 spiro atoms. The van der Waals surface area contributed by atoms with Gasteiger partial charge in [-0.2, -0.15) is 0 Å². The van der Waals surface area contributed by atoms with Crippen molar-refractivity contribution >= 4 is 17.7 Å². The molecular formula is C11H15ClN2O2. The summed E-state index contributed by atoms with van der Waals surface area (Å²) in [5.41, 5.74) is 0.830. The SMILES string of the molecule is CNCCNC(=O)Oc1ccc(Cl)cc1C. The van der Waals surface area contributed by atoms with Gasteiger partial charge >= 0.3 is 6.09 Å². The smallest absolute Gasteiger partial charge is 0.410 e. The molecule has 1 aromatic rings. The Morgan fingerprint density at radius 2 is 2.19 bits per heavy atom. The number of benzene rings is 1. The van der Waals surface area contributed by atoms with Gasteiger partial charge in [0.1, 0.15) is 5.75 Å². The zero-order valence-electron chi connectivity index (χ0n) is 9.34. The number of likely N-dealkylation sites (N-methyl/N-ethyl adjacent to an activating group) is 1. The molecule has 0 aliphatic heterocycles. The summed E-state index contributed by atoms with van der Waals surface area (Å²) in [6.45, 7) is 3.07. The Morgan fingerprint density at radius 1 is 1.44 bits per heavy atom. The number of carbonyl (C=O) groups is 1. The van der Waals surface area contributed by atoms with E-state index in [1.165, 1.54) is 0 Å². The summed E-state index contributed by atoms with van der Waals surface area (Å²) in [4.78, 5) is 11.3. The van der Waals surface area contributed by atoms with Gasteiger partial charge in [0.15, 0.2) is 0 Å². The van der Waals surface area contributed by atoms with E-state index in [0.717, 1.165) is 5.56 Å². The van der Waals surface area contributed by atoms with Crippen LogP contribution in [0.15, 0.2) is 18.2 Å². The zero-order chi connectivity index (χ0) is 12.0. The van der Waals surface area contributed by atoms with Crippen molar-refractivity contribution in [3.63, 3.8) is 0 Å². The van der Waals surface area contributed by atoms with Crippen LogP contribution in [-0.2, 0) is 0 Å². The molecule has 4 nitrogen and oxygen atoms in total. The molecule has 16 heavy (non-hydrogen) atoms. The van der Waals surface area contributed by atoms with E-state index in [0.29, 0.717) is 23.9 Å². The van der Waals surface area contributed by atoms with Crippen LogP contribution in [0, 0.1) is 6.92 Å². The van der Waals surface area contributed by atoms with Crippen LogP contribution in [0.4, 0.5) is 4.79 Å². The lowest BCUT2D eigenvalue weighted by Crippen LogP contribution is -2.32. The normalized spacial score (nSPS) is 9.94. The monoisotopic (exact) mass is 242 g/mol. The van der Waals surface area contributed by atoms with Crippen molar-refractivity contribution in [2.24, 2.45) is 0 Å². The van der Waals surface area contributed by atoms with Gasteiger partial charge in [-0.1, -0.05) is 11.6 Å². The molecule has 0 saturated carbocycles. The van der Waals surface area contributed by atoms with Gasteiger partial charge in [-0.05, 0) is 37.7 Å². The minimum absolute atomic E-state index is 0.458. The Kier molecular flexibility index (Phi) is 5.08. The lowest BCUT2D eigenvalue weighted by molar-refractivity contribution is 0.200. The van der Waals surface area contributed by atoms with Crippen LogP contribution >= 0.6 is 11.6 Å². The van der Waals surface area contributed by atoms with E-state index in [4.69, 9.17) is 16.3 Å². The summed E-state index contributed by atoms with van der Waals surface area (Å²) in [5.74, 6) is 0.520. The second-order valence-electron chi connectivity index (χ2n) is 3.33. The van der Waals surface area contributed by atoms with Gasteiger partial charge in [-0.15, -0.1) is 0 Å². The number of halogens is 1. The number of hydrogen-bond acceptors (Lipinski definition) is 3. The van der Waals surface area contributed by atoms with E-state index < -0.39 is 6.09 Å². The van der Waals surface area contributed by atoms with Crippen LogP contribution in [0.1, 0.15) is 5.56 Å². The molecule has 0 aliphatic rings. The highest BCUT2D eigenvalue weighted by molar-refractivity contribution is 6.30. The zero-order valence-corrected chi connectivity index (χ0v) is 10.1. The molecule has 1 aromatic carbocycles. The number of nitrogens with one attached hydrogen (secondary N) is 2. The molecule has 1 rings (SSSR count). The van der Waals surface area contributed by atoms with Crippen LogP contribution in [0.25, 0.3) is 0 Å². The summed E-state index contributed by atoms with van der Waals surface area (Å²) in [6.07, 6.45) is -0.458. The third-order valence-corrected chi connectivity index (χ3v) is 2.22. The molecule has 0 heterocycles. The number of carbonyl (C=O) groups excluding carboxylic acids is 1. The fraction of sp³-hybridized carbons (Fsp3) is 0.364. The number of aryl methyl sites for hydroxylation is 1. The molecule has 0 aromatic heterocycles. The highest BCUT2D eigenvalue weighted by Gasteiger charge is 2.06. The molecule has 0 atom stereocenters. The standard InChI is InChI=1S/C11H15ClN2O2/c1-8-7-9(12)3-4-10(8)16-11(15)14-6-5-13-2/h3-4,7,13H,5-6H2,1-2H3,(H,14,15). The maximum absolute atomic E-state index is 11.3. The summed E-state index contributed by atoms with van der Waals surface area (Å²) >= 11 is 5.79. The molecule has 88 valence electrons. The van der Waals surface area contributed by atoms with Crippen LogP contribution in [0.2, 0.25) is 5.02 Å². The van der Waals surface area contributed by atoms with E-state index in [2.05, 4.69) is 10.6 Å². The van der Waals surface area contributed by atoms with E-state index in [9.17, 15) is 4.79 Å². The van der Waals surface area contributed by atoms with Crippen LogP contribution in [-0.4, -0.2) is 26.2 Å². The molecule has 0 radical (unpaired) electrons. The molecule has 5 heteroatoms. The van der Waals surface area contributed by atoms with E-state index in [1.807, 2.05) is 14.0 Å². The number of ether oxygens (including phenoxy) is 1. The summed E-state index contributed by atoms with van der Waals surface area (Å²) in [5, 5.41) is 6.16. The van der Waals surface area contributed by atoms with E-state index in [-0.39, 0.29) is 0 Å². The Bertz CT molecular complexity index is 369. The van der Waals surface area contributed by atoms with Crippen molar-refractivity contribution < 1.29 is 9.53 Å². The predicted octanol–water partition coefficient (Wildman–Crippen LogP) is 1.96. The van der Waals surface area contributed by atoms with Crippen molar-refractivity contribution in [2.45, 2.75) is 6.92 Å². The van der Waals surface area contributed by atoms with Crippen LogP contribution in [0.5, 0.6) is 5.75 Å². The second kappa shape index (κ2) is 6.35. The maximum atomic E-state index is 11.3. The number of rotatable bonds is 4. The van der Waals surface area contributed by atoms with Gasteiger partial charge < -0.3 is 15.4 Å². The highest BCUT2D eigenvalue weighted by atomic mass is 35.5. The van der Waals surface area contributed by atoms with Gasteiger partial charge in [0.05, 0.1) is 0 Å². The quantitative estimate of drug-likeness (QED) is 0.794. The van der Waals surface area contributed by atoms with Gasteiger partial charge in [0.25, 0.3) is 0 Å².